The standard InChI is InChI=1S/C13H17N3O6S/c17-13(18)9-14-11-5-4-10(8-12(11)16(19)20)23(21,22)15-6-2-1-3-7-15/h4-5,8,14H,1-3,6-7,9H2,(H,17,18). The van der Waals surface area contributed by atoms with Crippen molar-refractivity contribution >= 4 is 27.4 Å². The van der Waals surface area contributed by atoms with Gasteiger partial charge in [-0.25, -0.2) is 8.42 Å². The van der Waals surface area contributed by atoms with E-state index < -0.39 is 33.1 Å². The van der Waals surface area contributed by atoms with Gasteiger partial charge in [0.05, 0.1) is 9.82 Å². The summed E-state index contributed by atoms with van der Waals surface area (Å²) < 4.78 is 26.4. The number of carbonyl (C=O) groups is 1. The number of benzene rings is 1. The minimum absolute atomic E-state index is 0.0324. The number of carboxylic acid groups (broad SMARTS) is 1. The molecule has 9 nitrogen and oxygen atoms in total. The van der Waals surface area contributed by atoms with Crippen molar-refractivity contribution in [1.29, 1.82) is 0 Å². The summed E-state index contributed by atoms with van der Waals surface area (Å²) in [6.07, 6.45) is 2.49. The zero-order valence-corrected chi connectivity index (χ0v) is 13.1. The van der Waals surface area contributed by atoms with E-state index in [2.05, 4.69) is 5.32 Å². The molecule has 0 aromatic heterocycles. The van der Waals surface area contributed by atoms with Gasteiger partial charge in [-0.3, -0.25) is 14.9 Å². The van der Waals surface area contributed by atoms with Crippen molar-refractivity contribution in [3.63, 3.8) is 0 Å². The molecule has 0 radical (unpaired) electrons. The lowest BCUT2D eigenvalue weighted by atomic mass is 10.2. The highest BCUT2D eigenvalue weighted by atomic mass is 32.2. The van der Waals surface area contributed by atoms with E-state index in [1.54, 1.807) is 0 Å². The van der Waals surface area contributed by atoms with Gasteiger partial charge in [0.15, 0.2) is 0 Å². The number of anilines is 1. The second kappa shape index (κ2) is 6.92. The van der Waals surface area contributed by atoms with Gasteiger partial charge in [-0.1, -0.05) is 6.42 Å². The predicted octanol–water partition coefficient (Wildman–Crippen LogP) is 1.27. The van der Waals surface area contributed by atoms with E-state index in [1.165, 1.54) is 16.4 Å². The lowest BCUT2D eigenvalue weighted by Crippen LogP contribution is -2.35. The van der Waals surface area contributed by atoms with Gasteiger partial charge in [0.2, 0.25) is 10.0 Å². The van der Waals surface area contributed by atoms with Crippen molar-refractivity contribution in [2.24, 2.45) is 0 Å². The lowest BCUT2D eigenvalue weighted by molar-refractivity contribution is -0.384. The quantitative estimate of drug-likeness (QED) is 0.587. The van der Waals surface area contributed by atoms with Crippen molar-refractivity contribution in [2.45, 2.75) is 24.2 Å². The third-order valence-electron chi connectivity index (χ3n) is 3.55. The van der Waals surface area contributed by atoms with Crippen LogP contribution in [0.5, 0.6) is 0 Å². The number of rotatable bonds is 6. The zero-order valence-electron chi connectivity index (χ0n) is 12.3. The molecule has 1 fully saturated rings. The maximum atomic E-state index is 12.5. The van der Waals surface area contributed by atoms with Crippen LogP contribution in [0.2, 0.25) is 0 Å². The van der Waals surface area contributed by atoms with Crippen LogP contribution in [0, 0.1) is 10.1 Å². The van der Waals surface area contributed by atoms with Gasteiger partial charge in [0.1, 0.15) is 12.2 Å². The predicted molar refractivity (Wildman–Crippen MR) is 81.8 cm³/mol. The first kappa shape index (κ1) is 17.2. The molecule has 0 saturated carbocycles. The van der Waals surface area contributed by atoms with Gasteiger partial charge >= 0.3 is 5.97 Å². The highest BCUT2D eigenvalue weighted by Crippen LogP contribution is 2.29. The molecule has 1 aliphatic rings. The monoisotopic (exact) mass is 343 g/mol. The molecule has 2 rings (SSSR count). The Bertz CT molecular complexity index is 712. The summed E-state index contributed by atoms with van der Waals surface area (Å²) in [6, 6.07) is 3.44. The number of piperidine rings is 1. The molecule has 0 aliphatic carbocycles. The minimum Gasteiger partial charge on any atom is -0.480 e. The molecule has 126 valence electrons. The fourth-order valence-corrected chi connectivity index (χ4v) is 3.94. The topological polar surface area (TPSA) is 130 Å². The third-order valence-corrected chi connectivity index (χ3v) is 5.44. The van der Waals surface area contributed by atoms with Gasteiger partial charge in [0, 0.05) is 19.2 Å². The molecular weight excluding hydrogens is 326 g/mol. The Balaban J connectivity index is 2.34. The van der Waals surface area contributed by atoms with Crippen LogP contribution in [0.15, 0.2) is 23.1 Å². The van der Waals surface area contributed by atoms with Crippen LogP contribution < -0.4 is 5.32 Å². The van der Waals surface area contributed by atoms with E-state index in [9.17, 15) is 23.3 Å². The number of nitrogens with one attached hydrogen (secondary N) is 1. The van der Waals surface area contributed by atoms with Crippen molar-refractivity contribution < 1.29 is 23.2 Å². The SMILES string of the molecule is O=C(O)CNc1ccc(S(=O)(=O)N2CCCCC2)cc1[N+](=O)[O-]. The average Bonchev–Trinajstić information content (AvgIpc) is 2.53. The highest BCUT2D eigenvalue weighted by molar-refractivity contribution is 7.89. The number of nitrogens with zero attached hydrogens (tertiary/aromatic N) is 2. The third kappa shape index (κ3) is 3.96. The minimum atomic E-state index is -3.78. The van der Waals surface area contributed by atoms with E-state index in [1.807, 2.05) is 0 Å². The Morgan fingerprint density at radius 1 is 1.30 bits per heavy atom. The molecule has 2 N–H and O–H groups in total. The highest BCUT2D eigenvalue weighted by Gasteiger charge is 2.28. The average molecular weight is 343 g/mol. The summed E-state index contributed by atoms with van der Waals surface area (Å²) in [5.41, 5.74) is -0.501. The molecule has 23 heavy (non-hydrogen) atoms. The Labute approximate surface area is 133 Å². The van der Waals surface area contributed by atoms with Gasteiger partial charge in [0.25, 0.3) is 5.69 Å². The Morgan fingerprint density at radius 2 is 1.96 bits per heavy atom. The van der Waals surface area contributed by atoms with Crippen molar-refractivity contribution in [1.82, 2.24) is 4.31 Å². The second-order valence-corrected chi connectivity index (χ2v) is 7.09. The van der Waals surface area contributed by atoms with E-state index in [0.717, 1.165) is 25.3 Å². The Kier molecular flexibility index (Phi) is 5.16. The number of hydrogen-bond donors (Lipinski definition) is 2. The van der Waals surface area contributed by atoms with Crippen molar-refractivity contribution in [3.05, 3.63) is 28.3 Å². The maximum Gasteiger partial charge on any atom is 0.322 e. The normalized spacial score (nSPS) is 16.0. The van der Waals surface area contributed by atoms with Crippen LogP contribution in [0.3, 0.4) is 0 Å². The smallest absolute Gasteiger partial charge is 0.322 e. The largest absolute Gasteiger partial charge is 0.480 e. The molecule has 1 heterocycles. The van der Waals surface area contributed by atoms with Crippen molar-refractivity contribution in [3.8, 4) is 0 Å². The number of nitro groups is 1. The van der Waals surface area contributed by atoms with Crippen LogP contribution in [0.1, 0.15) is 19.3 Å². The molecule has 1 aromatic carbocycles. The Hall–Kier alpha value is -2.20. The van der Waals surface area contributed by atoms with Crippen LogP contribution in [-0.4, -0.2) is 48.4 Å². The summed E-state index contributed by atoms with van der Waals surface area (Å²) >= 11 is 0. The molecule has 0 bridgehead atoms. The molecule has 0 unspecified atom stereocenters. The maximum absolute atomic E-state index is 12.5. The van der Waals surface area contributed by atoms with E-state index in [4.69, 9.17) is 5.11 Å². The van der Waals surface area contributed by atoms with Crippen LogP contribution in [0.4, 0.5) is 11.4 Å². The summed E-state index contributed by atoms with van der Waals surface area (Å²) in [7, 11) is -3.78. The van der Waals surface area contributed by atoms with Crippen molar-refractivity contribution in [2.75, 3.05) is 25.0 Å². The molecule has 0 amide bonds. The second-order valence-electron chi connectivity index (χ2n) is 5.15. The molecule has 0 spiro atoms. The summed E-state index contributed by atoms with van der Waals surface area (Å²) in [5, 5.41) is 22.2. The summed E-state index contributed by atoms with van der Waals surface area (Å²) in [5.74, 6) is -1.18. The number of nitro benzene ring substituents is 1. The zero-order chi connectivity index (χ0) is 17.0. The molecule has 0 atom stereocenters. The number of carboxylic acids is 1. The fraction of sp³-hybridized carbons (Fsp3) is 0.462. The summed E-state index contributed by atoms with van der Waals surface area (Å²) in [4.78, 5) is 20.8. The van der Waals surface area contributed by atoms with E-state index >= 15 is 0 Å². The van der Waals surface area contributed by atoms with Gasteiger partial charge in [-0.05, 0) is 25.0 Å². The number of sulfonamides is 1. The van der Waals surface area contributed by atoms with E-state index in [-0.39, 0.29) is 10.6 Å². The molecule has 10 heteroatoms. The molecule has 1 aromatic rings. The molecule has 1 aliphatic heterocycles. The number of aliphatic carboxylic acids is 1. The van der Waals surface area contributed by atoms with Gasteiger partial charge < -0.3 is 10.4 Å². The Morgan fingerprint density at radius 3 is 2.52 bits per heavy atom. The first-order valence-electron chi connectivity index (χ1n) is 7.06. The fourth-order valence-electron chi connectivity index (χ4n) is 2.40. The first-order chi connectivity index (χ1) is 10.8. The van der Waals surface area contributed by atoms with Gasteiger partial charge in [-0.15, -0.1) is 0 Å². The lowest BCUT2D eigenvalue weighted by Gasteiger charge is -2.25. The summed E-state index contributed by atoms with van der Waals surface area (Å²) in [6.45, 7) is 0.295. The van der Waals surface area contributed by atoms with Gasteiger partial charge in [-0.2, -0.15) is 4.31 Å². The number of hydrogen-bond acceptors (Lipinski definition) is 6. The van der Waals surface area contributed by atoms with Crippen LogP contribution >= 0.6 is 0 Å². The first-order valence-corrected chi connectivity index (χ1v) is 8.50. The van der Waals surface area contributed by atoms with E-state index in [0.29, 0.717) is 13.1 Å². The van der Waals surface area contributed by atoms with Crippen LogP contribution in [0.25, 0.3) is 0 Å². The molecular formula is C13H17N3O6S. The van der Waals surface area contributed by atoms with Crippen LogP contribution in [-0.2, 0) is 14.8 Å². The molecule has 1 saturated heterocycles.